The van der Waals surface area contributed by atoms with Gasteiger partial charge in [-0.2, -0.15) is 0 Å². The van der Waals surface area contributed by atoms with E-state index < -0.39 is 9.84 Å². The van der Waals surface area contributed by atoms with E-state index >= 15 is 0 Å². The van der Waals surface area contributed by atoms with Gasteiger partial charge >= 0.3 is 0 Å². The molecule has 0 aliphatic carbocycles. The van der Waals surface area contributed by atoms with E-state index in [-0.39, 0.29) is 36.0 Å². The number of rotatable bonds is 5. The summed E-state index contributed by atoms with van der Waals surface area (Å²) in [5, 5.41) is 1.06. The van der Waals surface area contributed by atoms with Crippen LogP contribution in [-0.2, 0) is 14.6 Å². The zero-order chi connectivity index (χ0) is 22.1. The number of carbonyl (C=O) groups is 1. The number of amides is 1. The summed E-state index contributed by atoms with van der Waals surface area (Å²) in [4.78, 5) is 22.5. The number of nitrogens with zero attached hydrogens (tertiary/aromatic N) is 3. The van der Waals surface area contributed by atoms with Gasteiger partial charge in [-0.1, -0.05) is 36.8 Å². The molecule has 0 radical (unpaired) electrons. The zero-order valence-corrected chi connectivity index (χ0v) is 19.5. The number of benzene rings is 2. The fourth-order valence-electron chi connectivity index (χ4n) is 4.87. The van der Waals surface area contributed by atoms with E-state index in [1.165, 1.54) is 4.70 Å². The minimum atomic E-state index is -3.10. The number of anilines is 1. The molecule has 0 bridgehead atoms. The van der Waals surface area contributed by atoms with Crippen LogP contribution in [0.3, 0.4) is 0 Å². The first-order valence-corrected chi connectivity index (χ1v) is 13.8. The van der Waals surface area contributed by atoms with E-state index in [1.807, 2.05) is 48.5 Å². The predicted molar refractivity (Wildman–Crippen MR) is 129 cm³/mol. The molecule has 2 aliphatic heterocycles. The van der Waals surface area contributed by atoms with Crippen LogP contribution in [0.1, 0.15) is 36.7 Å². The number of para-hydroxylation sites is 2. The molecule has 8 heteroatoms. The minimum absolute atomic E-state index is 0.0358. The van der Waals surface area contributed by atoms with E-state index in [2.05, 4.69) is 11.0 Å². The molecule has 5 rings (SSSR count). The van der Waals surface area contributed by atoms with E-state index in [0.717, 1.165) is 42.0 Å². The maximum atomic E-state index is 13.6. The van der Waals surface area contributed by atoms with Gasteiger partial charge in [0, 0.05) is 5.69 Å². The molecular formula is C24H27N3O3S2. The van der Waals surface area contributed by atoms with Crippen LogP contribution in [0.25, 0.3) is 10.2 Å². The third kappa shape index (κ3) is 4.44. The minimum Gasteiger partial charge on any atom is -0.307 e. The van der Waals surface area contributed by atoms with Gasteiger partial charge in [-0.15, -0.1) is 11.3 Å². The van der Waals surface area contributed by atoms with Crippen molar-refractivity contribution < 1.29 is 13.2 Å². The Labute approximate surface area is 192 Å². The van der Waals surface area contributed by atoms with E-state index in [9.17, 15) is 13.2 Å². The summed E-state index contributed by atoms with van der Waals surface area (Å²) in [6, 6.07) is 17.4. The highest BCUT2D eigenvalue weighted by molar-refractivity contribution is 7.91. The van der Waals surface area contributed by atoms with E-state index in [1.54, 1.807) is 16.2 Å². The lowest BCUT2D eigenvalue weighted by Gasteiger charge is -2.36. The maximum Gasteiger partial charge on any atom is 0.241 e. The summed E-state index contributed by atoms with van der Waals surface area (Å²) < 4.78 is 25.5. The normalized spacial score (nSPS) is 23.4. The smallest absolute Gasteiger partial charge is 0.241 e. The largest absolute Gasteiger partial charge is 0.307 e. The molecule has 1 aromatic heterocycles. The van der Waals surface area contributed by atoms with E-state index in [4.69, 9.17) is 4.98 Å². The van der Waals surface area contributed by atoms with Gasteiger partial charge in [0.15, 0.2) is 9.84 Å². The summed E-state index contributed by atoms with van der Waals surface area (Å²) in [6.07, 6.45) is 3.65. The molecular weight excluding hydrogens is 442 g/mol. The Balaban J connectivity index is 1.41. The Kier molecular flexibility index (Phi) is 6.01. The van der Waals surface area contributed by atoms with Crippen molar-refractivity contribution in [3.63, 3.8) is 0 Å². The lowest BCUT2D eigenvalue weighted by atomic mass is 10.0. The first kappa shape index (κ1) is 21.6. The molecule has 2 aliphatic rings. The fourth-order valence-corrected chi connectivity index (χ4v) is 7.71. The predicted octanol–water partition coefficient (Wildman–Crippen LogP) is 4.04. The van der Waals surface area contributed by atoms with Crippen molar-refractivity contribution in [3.8, 4) is 0 Å². The first-order chi connectivity index (χ1) is 15.5. The van der Waals surface area contributed by atoms with Gasteiger partial charge in [-0.05, 0) is 50.1 Å². The third-order valence-corrected chi connectivity index (χ3v) is 9.31. The van der Waals surface area contributed by atoms with Crippen molar-refractivity contribution in [1.29, 1.82) is 0 Å². The molecule has 2 fully saturated rings. The molecule has 2 atom stereocenters. The molecule has 1 amide bonds. The Hall–Kier alpha value is -2.29. The lowest BCUT2D eigenvalue weighted by Crippen LogP contribution is -2.48. The second-order valence-corrected chi connectivity index (χ2v) is 11.9. The van der Waals surface area contributed by atoms with Gasteiger partial charge in [0.1, 0.15) is 5.01 Å². The number of likely N-dealkylation sites (tertiary alicyclic amines) is 1. The zero-order valence-electron chi connectivity index (χ0n) is 17.9. The molecule has 6 nitrogen and oxygen atoms in total. The number of carbonyl (C=O) groups excluding carboxylic acids is 1. The van der Waals surface area contributed by atoms with Crippen molar-refractivity contribution in [1.82, 2.24) is 9.88 Å². The standard InChI is InChI=1S/C24H27N3O3S2/c28-23(27(18-8-2-1-3-9-18)19-13-15-32(29,30)17-19)16-26-14-7-6-11-21(26)24-25-20-10-4-5-12-22(20)31-24/h1-5,8-10,12,19,21H,6-7,11,13-17H2/t19-,21+/m1/s1. The molecule has 168 valence electrons. The number of hydrogen-bond donors (Lipinski definition) is 0. The third-order valence-electron chi connectivity index (χ3n) is 6.42. The number of sulfone groups is 1. The van der Waals surface area contributed by atoms with Crippen LogP contribution in [0, 0.1) is 0 Å². The highest BCUT2D eigenvalue weighted by Gasteiger charge is 2.37. The van der Waals surface area contributed by atoms with Gasteiger partial charge in [-0.3, -0.25) is 9.69 Å². The van der Waals surface area contributed by atoms with E-state index in [0.29, 0.717) is 6.42 Å². The maximum absolute atomic E-state index is 13.6. The Morgan fingerprint density at radius 3 is 2.59 bits per heavy atom. The van der Waals surface area contributed by atoms with Gasteiger partial charge in [0.05, 0.1) is 40.4 Å². The molecule has 0 unspecified atom stereocenters. The van der Waals surface area contributed by atoms with Gasteiger partial charge in [0.2, 0.25) is 5.91 Å². The van der Waals surface area contributed by atoms with Crippen LogP contribution in [0.5, 0.6) is 0 Å². The molecule has 2 saturated heterocycles. The topological polar surface area (TPSA) is 70.6 Å². The van der Waals surface area contributed by atoms with Crippen molar-refractivity contribution in [2.24, 2.45) is 0 Å². The molecule has 32 heavy (non-hydrogen) atoms. The lowest BCUT2D eigenvalue weighted by molar-refractivity contribution is -0.121. The second kappa shape index (κ2) is 8.92. The summed E-state index contributed by atoms with van der Waals surface area (Å²) in [7, 11) is -3.10. The number of thiazole rings is 1. The fraction of sp³-hybridized carbons (Fsp3) is 0.417. The summed E-state index contributed by atoms with van der Waals surface area (Å²) in [6.45, 7) is 1.12. The number of fused-ring (bicyclic) bond motifs is 1. The SMILES string of the molecule is O=C(CN1CCCC[C@H]1c1nc2ccccc2s1)N(c1ccccc1)[C@@H]1CCS(=O)(=O)C1. The second-order valence-electron chi connectivity index (χ2n) is 8.66. The molecule has 0 spiro atoms. The van der Waals surface area contributed by atoms with Crippen LogP contribution in [0.2, 0.25) is 0 Å². The Morgan fingerprint density at radius 1 is 1.06 bits per heavy atom. The quantitative estimate of drug-likeness (QED) is 0.564. The summed E-state index contributed by atoms with van der Waals surface area (Å²) >= 11 is 1.71. The molecule has 2 aromatic carbocycles. The van der Waals surface area contributed by atoms with Gasteiger partial charge in [0.25, 0.3) is 0 Å². The van der Waals surface area contributed by atoms with Crippen LogP contribution in [-0.4, -0.2) is 54.8 Å². The first-order valence-electron chi connectivity index (χ1n) is 11.2. The monoisotopic (exact) mass is 469 g/mol. The Bertz CT molecular complexity index is 1180. The molecule has 0 N–H and O–H groups in total. The molecule has 0 saturated carbocycles. The molecule has 3 heterocycles. The highest BCUT2D eigenvalue weighted by atomic mass is 32.2. The van der Waals surface area contributed by atoms with Crippen molar-refractivity contribution >= 4 is 43.0 Å². The van der Waals surface area contributed by atoms with Gasteiger partial charge < -0.3 is 4.90 Å². The van der Waals surface area contributed by atoms with Crippen LogP contribution in [0.4, 0.5) is 5.69 Å². The van der Waals surface area contributed by atoms with Crippen molar-refractivity contribution in [2.75, 3.05) is 29.5 Å². The van der Waals surface area contributed by atoms with Gasteiger partial charge in [-0.25, -0.2) is 13.4 Å². The number of piperidine rings is 1. The summed E-state index contributed by atoms with van der Waals surface area (Å²) in [5.41, 5.74) is 1.78. The van der Waals surface area contributed by atoms with Crippen LogP contribution in [0.15, 0.2) is 54.6 Å². The highest BCUT2D eigenvalue weighted by Crippen LogP contribution is 2.36. The molecule has 3 aromatic rings. The van der Waals surface area contributed by atoms with Crippen LogP contribution < -0.4 is 4.90 Å². The Morgan fingerprint density at radius 2 is 1.84 bits per heavy atom. The number of hydrogen-bond acceptors (Lipinski definition) is 6. The average Bonchev–Trinajstić information content (AvgIpc) is 3.38. The van der Waals surface area contributed by atoms with Crippen molar-refractivity contribution in [3.05, 3.63) is 59.6 Å². The van der Waals surface area contributed by atoms with Crippen LogP contribution >= 0.6 is 11.3 Å². The summed E-state index contributed by atoms with van der Waals surface area (Å²) in [5.74, 6) is 0.146. The number of aromatic nitrogens is 1. The van der Waals surface area contributed by atoms with Crippen molar-refractivity contribution in [2.45, 2.75) is 37.8 Å². The average molecular weight is 470 g/mol.